The van der Waals surface area contributed by atoms with E-state index in [-0.39, 0.29) is 36.7 Å². The summed E-state index contributed by atoms with van der Waals surface area (Å²) in [5, 5.41) is 13.4. The van der Waals surface area contributed by atoms with Crippen LogP contribution < -0.4 is 10.2 Å². The maximum atomic E-state index is 13.7. The first-order valence-electron chi connectivity index (χ1n) is 14.0. The van der Waals surface area contributed by atoms with Crippen LogP contribution in [0.5, 0.6) is 0 Å². The van der Waals surface area contributed by atoms with E-state index in [2.05, 4.69) is 15.1 Å². The first-order chi connectivity index (χ1) is 18.0. The minimum absolute atomic E-state index is 0.0244. The second kappa shape index (κ2) is 10.3. The highest BCUT2D eigenvalue weighted by Gasteiger charge is 2.53. The number of aliphatic hydroxyl groups is 1. The van der Waals surface area contributed by atoms with E-state index >= 15 is 0 Å². The van der Waals surface area contributed by atoms with E-state index in [4.69, 9.17) is 4.74 Å². The van der Waals surface area contributed by atoms with Crippen LogP contribution in [0, 0.1) is 5.92 Å². The number of ether oxygens (including phenoxy) is 1. The number of aliphatic hydroxyl groups excluding tert-OH is 1. The lowest BCUT2D eigenvalue weighted by Gasteiger charge is -2.43. The molecule has 3 aliphatic heterocycles. The summed E-state index contributed by atoms with van der Waals surface area (Å²) in [6, 6.07) is 6.97. The maximum absolute atomic E-state index is 13.7. The van der Waals surface area contributed by atoms with E-state index in [1.165, 1.54) is 24.2 Å². The Labute approximate surface area is 218 Å². The maximum Gasteiger partial charge on any atom is 0.251 e. The highest BCUT2D eigenvalue weighted by molar-refractivity contribution is 5.99. The lowest BCUT2D eigenvalue weighted by molar-refractivity contribution is -0.139. The van der Waals surface area contributed by atoms with Crippen LogP contribution in [0.2, 0.25) is 0 Å². The molecule has 1 aromatic carbocycles. The van der Waals surface area contributed by atoms with Crippen molar-refractivity contribution in [3.63, 3.8) is 0 Å². The van der Waals surface area contributed by atoms with Gasteiger partial charge in [0, 0.05) is 43.5 Å². The Bertz CT molecular complexity index is 1010. The topological polar surface area (TPSA) is 102 Å². The summed E-state index contributed by atoms with van der Waals surface area (Å²) in [6.45, 7) is 4.12. The van der Waals surface area contributed by atoms with Crippen molar-refractivity contribution >= 4 is 23.3 Å². The number of benzene rings is 1. The van der Waals surface area contributed by atoms with Gasteiger partial charge in [-0.3, -0.25) is 19.3 Å². The average Bonchev–Trinajstić information content (AvgIpc) is 3.62. The number of fused-ring (bicyclic) bond motifs is 1. The van der Waals surface area contributed by atoms with Gasteiger partial charge in [0.15, 0.2) is 5.78 Å². The van der Waals surface area contributed by atoms with E-state index in [0.29, 0.717) is 5.56 Å². The molecule has 6 rings (SSSR count). The monoisotopic (exact) mass is 510 g/mol. The number of amides is 2. The molecule has 2 amide bonds. The number of β-amino-alcohol motifs (C(OH)–C–C–N with tert-alkyl or cyclic N) is 1. The molecule has 0 aromatic heterocycles. The van der Waals surface area contributed by atoms with Gasteiger partial charge in [0.05, 0.1) is 6.54 Å². The number of hydrogen-bond acceptors (Lipinski definition) is 7. The third-order valence-electron chi connectivity index (χ3n) is 9.26. The molecule has 0 radical (unpaired) electrons. The molecule has 1 aromatic rings. The molecule has 0 spiro atoms. The number of likely N-dealkylation sites (tertiary alicyclic amines) is 1. The van der Waals surface area contributed by atoms with Crippen LogP contribution >= 0.6 is 0 Å². The van der Waals surface area contributed by atoms with Gasteiger partial charge in [0.25, 0.3) is 5.91 Å². The summed E-state index contributed by atoms with van der Waals surface area (Å²) >= 11 is 0. The number of hydrogen-bond donors (Lipinski definition) is 2. The number of piperazine rings is 1. The Kier molecular flexibility index (Phi) is 6.94. The Hall–Kier alpha value is -2.49. The summed E-state index contributed by atoms with van der Waals surface area (Å²) in [5.74, 6) is -0.727. The van der Waals surface area contributed by atoms with Crippen molar-refractivity contribution in [3.8, 4) is 0 Å². The smallest absolute Gasteiger partial charge is 0.251 e. The minimum atomic E-state index is -0.886. The van der Waals surface area contributed by atoms with Gasteiger partial charge < -0.3 is 25.0 Å². The van der Waals surface area contributed by atoms with Crippen molar-refractivity contribution in [2.24, 2.45) is 5.92 Å². The van der Waals surface area contributed by atoms with Gasteiger partial charge in [-0.15, -0.1) is 0 Å². The fourth-order valence-electron chi connectivity index (χ4n) is 6.85. The Morgan fingerprint density at radius 2 is 1.68 bits per heavy atom. The van der Waals surface area contributed by atoms with Crippen molar-refractivity contribution < 1.29 is 24.2 Å². The highest BCUT2D eigenvalue weighted by Crippen LogP contribution is 2.33. The molecule has 2 saturated carbocycles. The molecule has 37 heavy (non-hydrogen) atoms. The normalized spacial score (nSPS) is 29.9. The molecule has 5 aliphatic rings. The molecule has 9 nitrogen and oxygen atoms in total. The molecule has 4 atom stereocenters. The van der Waals surface area contributed by atoms with E-state index < -0.39 is 24.3 Å². The van der Waals surface area contributed by atoms with Crippen LogP contribution in [0.1, 0.15) is 55.3 Å². The number of rotatable bonds is 6. The van der Waals surface area contributed by atoms with E-state index in [9.17, 15) is 19.5 Å². The summed E-state index contributed by atoms with van der Waals surface area (Å²) in [7, 11) is 0. The average molecular weight is 511 g/mol. The van der Waals surface area contributed by atoms with E-state index in [0.717, 1.165) is 63.6 Å². The second-order valence-electron chi connectivity index (χ2n) is 11.4. The van der Waals surface area contributed by atoms with Gasteiger partial charge in [-0.2, -0.15) is 0 Å². The molecule has 5 fully saturated rings. The molecule has 3 heterocycles. The van der Waals surface area contributed by atoms with Crippen LogP contribution in [-0.2, 0) is 14.3 Å². The number of ketones is 1. The molecule has 2 aliphatic carbocycles. The lowest BCUT2D eigenvalue weighted by atomic mass is 9.91. The van der Waals surface area contributed by atoms with Gasteiger partial charge >= 0.3 is 0 Å². The highest BCUT2D eigenvalue weighted by atomic mass is 16.5. The van der Waals surface area contributed by atoms with Crippen LogP contribution in [0.25, 0.3) is 0 Å². The van der Waals surface area contributed by atoms with E-state index in [1.807, 2.05) is 24.3 Å². The SMILES string of the molecule is O=C(N[C@H](C(=O)N1C[C@@H](O)[C@H]2OCC(=O)[C@H]21)C1CCCC1)c1ccc(N2CCN(C3CCC3)CC2)cc1. The number of nitrogens with zero attached hydrogens (tertiary/aromatic N) is 3. The molecule has 0 unspecified atom stereocenters. The third kappa shape index (κ3) is 4.77. The molecule has 2 N–H and O–H groups in total. The van der Waals surface area contributed by atoms with Crippen molar-refractivity contribution in [2.75, 3.05) is 44.2 Å². The largest absolute Gasteiger partial charge is 0.388 e. The summed E-state index contributed by atoms with van der Waals surface area (Å²) in [5.41, 5.74) is 1.64. The van der Waals surface area contributed by atoms with Crippen molar-refractivity contribution in [3.05, 3.63) is 29.8 Å². The zero-order valence-corrected chi connectivity index (χ0v) is 21.4. The molecular weight excluding hydrogens is 472 g/mol. The van der Waals surface area contributed by atoms with E-state index in [1.54, 1.807) is 0 Å². The minimum Gasteiger partial charge on any atom is -0.388 e. The molecule has 200 valence electrons. The Morgan fingerprint density at radius 1 is 0.973 bits per heavy atom. The third-order valence-corrected chi connectivity index (χ3v) is 9.26. The molecule has 0 bridgehead atoms. The standard InChI is InChI=1S/C28H38N4O5/c33-22-16-32(25-23(34)17-37-26(22)25)28(36)24(18-4-1-2-5-18)29-27(35)19-8-10-21(11-9-19)31-14-12-30(13-15-31)20-6-3-7-20/h8-11,18,20,22,24-26,33H,1-7,12-17H2,(H,29,35)/t22-,24+,25-,26-/m1/s1. The fourth-order valence-corrected chi connectivity index (χ4v) is 6.85. The summed E-state index contributed by atoms with van der Waals surface area (Å²) in [6.07, 6.45) is 6.22. The fraction of sp³-hybridized carbons (Fsp3) is 0.679. The Balaban J connectivity index is 1.12. The number of Topliss-reactive ketones (excluding diaryl/α,β-unsaturated/α-hetero) is 1. The van der Waals surface area contributed by atoms with Gasteiger partial charge in [-0.1, -0.05) is 19.3 Å². The zero-order chi connectivity index (χ0) is 25.5. The van der Waals surface area contributed by atoms with Crippen LogP contribution in [0.15, 0.2) is 24.3 Å². The first kappa shape index (κ1) is 24.8. The van der Waals surface area contributed by atoms with Crippen molar-refractivity contribution in [2.45, 2.75) is 75.3 Å². The van der Waals surface area contributed by atoms with Gasteiger partial charge in [0.2, 0.25) is 5.91 Å². The molecular formula is C28H38N4O5. The first-order valence-corrected chi connectivity index (χ1v) is 14.0. The van der Waals surface area contributed by atoms with Crippen LogP contribution in [0.3, 0.4) is 0 Å². The number of anilines is 1. The zero-order valence-electron chi connectivity index (χ0n) is 21.4. The van der Waals surface area contributed by atoms with Crippen LogP contribution in [-0.4, -0.2) is 102 Å². The predicted molar refractivity (Wildman–Crippen MR) is 137 cm³/mol. The molecule has 9 heteroatoms. The number of carbonyl (C=O) groups is 3. The lowest BCUT2D eigenvalue weighted by Crippen LogP contribution is -2.54. The second-order valence-corrected chi connectivity index (χ2v) is 11.4. The van der Waals surface area contributed by atoms with Crippen molar-refractivity contribution in [1.82, 2.24) is 15.1 Å². The van der Waals surface area contributed by atoms with Gasteiger partial charge in [-0.05, 0) is 55.9 Å². The Morgan fingerprint density at radius 3 is 2.32 bits per heavy atom. The summed E-state index contributed by atoms with van der Waals surface area (Å²) < 4.78 is 5.44. The quantitative estimate of drug-likeness (QED) is 0.593. The van der Waals surface area contributed by atoms with Crippen LogP contribution in [0.4, 0.5) is 5.69 Å². The number of nitrogens with one attached hydrogen (secondary N) is 1. The number of carbonyl (C=O) groups excluding carboxylic acids is 3. The summed E-state index contributed by atoms with van der Waals surface area (Å²) in [4.78, 5) is 45.8. The predicted octanol–water partition coefficient (Wildman–Crippen LogP) is 1.19. The van der Waals surface area contributed by atoms with Gasteiger partial charge in [-0.25, -0.2) is 0 Å². The van der Waals surface area contributed by atoms with Gasteiger partial charge in [0.1, 0.15) is 30.9 Å². The molecule has 3 saturated heterocycles. The van der Waals surface area contributed by atoms with Crippen molar-refractivity contribution in [1.29, 1.82) is 0 Å².